The Balaban J connectivity index is 1.10. The normalized spacial score (nSPS) is 14.3. The number of hydrogen-bond donors (Lipinski definition) is 0. The summed E-state index contributed by atoms with van der Waals surface area (Å²) in [6, 6.07) is 18.5. The van der Waals surface area contributed by atoms with Crippen molar-refractivity contribution in [2.24, 2.45) is 0 Å². The largest absolute Gasteiger partial charge is 0.494 e. The summed E-state index contributed by atoms with van der Waals surface area (Å²) < 4.78 is 7.76. The molecular formula is C25H30N6O. The van der Waals surface area contributed by atoms with Gasteiger partial charge in [0.25, 0.3) is 0 Å². The second kappa shape index (κ2) is 11.3. The third-order valence-electron chi connectivity index (χ3n) is 5.90. The minimum atomic E-state index is 0.744. The molecule has 7 nitrogen and oxygen atoms in total. The van der Waals surface area contributed by atoms with Crippen molar-refractivity contribution in [3.05, 3.63) is 72.1 Å². The lowest BCUT2D eigenvalue weighted by Crippen LogP contribution is -2.46. The smallest absolute Gasteiger partial charge is 0.119 e. The molecule has 0 unspecified atom stereocenters. The number of aromatic nitrogens is 3. The van der Waals surface area contributed by atoms with Crippen molar-refractivity contribution in [1.82, 2.24) is 19.9 Å². The molecule has 0 N–H and O–H groups in total. The second-order valence-electron chi connectivity index (χ2n) is 8.07. The third-order valence-corrected chi connectivity index (χ3v) is 5.90. The number of ether oxygens (including phenoxy) is 1. The molecule has 2 aromatic carbocycles. The van der Waals surface area contributed by atoms with Crippen molar-refractivity contribution in [2.45, 2.75) is 25.8 Å². The second-order valence-corrected chi connectivity index (χ2v) is 8.07. The van der Waals surface area contributed by atoms with Gasteiger partial charge in [-0.3, -0.25) is 9.58 Å². The van der Waals surface area contributed by atoms with Gasteiger partial charge in [0, 0.05) is 38.9 Å². The van der Waals surface area contributed by atoms with Crippen LogP contribution in [0.3, 0.4) is 0 Å². The van der Waals surface area contributed by atoms with E-state index < -0.39 is 0 Å². The molecule has 0 radical (unpaired) electrons. The van der Waals surface area contributed by atoms with Gasteiger partial charge in [-0.1, -0.05) is 29.5 Å². The highest BCUT2D eigenvalue weighted by atomic mass is 16.5. The van der Waals surface area contributed by atoms with Gasteiger partial charge < -0.3 is 9.64 Å². The van der Waals surface area contributed by atoms with Crippen LogP contribution in [0.25, 0.3) is 0 Å². The Kier molecular flexibility index (Phi) is 7.72. The Morgan fingerprint density at radius 1 is 0.938 bits per heavy atom. The molecule has 1 aliphatic heterocycles. The summed E-state index contributed by atoms with van der Waals surface area (Å²) in [5.74, 6) is 0.930. The Hall–Kier alpha value is -3.37. The molecular weight excluding hydrogens is 400 g/mol. The number of anilines is 1. The van der Waals surface area contributed by atoms with E-state index in [2.05, 4.69) is 56.5 Å². The summed E-state index contributed by atoms with van der Waals surface area (Å²) in [4.78, 5) is 4.84. The van der Waals surface area contributed by atoms with E-state index in [0.717, 1.165) is 82.1 Å². The molecule has 7 heteroatoms. The number of rotatable bonds is 10. The van der Waals surface area contributed by atoms with Gasteiger partial charge in [-0.15, -0.1) is 5.10 Å². The minimum absolute atomic E-state index is 0.744. The SMILES string of the molecule is N#Cc1ccccc1N1CCN(CCCCOc2ccc(CCn3ccnn3)cc2)CC1. The van der Waals surface area contributed by atoms with E-state index in [-0.39, 0.29) is 0 Å². The lowest BCUT2D eigenvalue weighted by Gasteiger charge is -2.36. The van der Waals surface area contributed by atoms with Crippen molar-refractivity contribution < 1.29 is 4.74 Å². The number of nitriles is 1. The zero-order valence-electron chi connectivity index (χ0n) is 18.4. The predicted octanol–water partition coefficient (Wildman–Crippen LogP) is 3.37. The summed E-state index contributed by atoms with van der Waals surface area (Å²) in [6.07, 6.45) is 6.69. The summed E-state index contributed by atoms with van der Waals surface area (Å²) in [6.45, 7) is 6.69. The maximum Gasteiger partial charge on any atom is 0.119 e. The Morgan fingerprint density at radius 2 is 1.75 bits per heavy atom. The molecule has 1 fully saturated rings. The van der Waals surface area contributed by atoms with Crippen LogP contribution < -0.4 is 9.64 Å². The van der Waals surface area contributed by atoms with E-state index in [4.69, 9.17) is 4.74 Å². The van der Waals surface area contributed by atoms with Crippen LogP contribution in [0.4, 0.5) is 5.69 Å². The molecule has 1 saturated heterocycles. The summed E-state index contributed by atoms with van der Waals surface area (Å²) in [7, 11) is 0. The third kappa shape index (κ3) is 6.08. The fourth-order valence-corrected chi connectivity index (χ4v) is 4.03. The Morgan fingerprint density at radius 3 is 2.50 bits per heavy atom. The number of nitrogens with zero attached hydrogens (tertiary/aromatic N) is 6. The van der Waals surface area contributed by atoms with Gasteiger partial charge in [-0.25, -0.2) is 0 Å². The quantitative estimate of drug-likeness (QED) is 0.459. The van der Waals surface area contributed by atoms with E-state index in [1.165, 1.54) is 5.56 Å². The highest BCUT2D eigenvalue weighted by molar-refractivity contribution is 5.59. The number of aryl methyl sites for hydroxylation is 2. The standard InChI is InChI=1S/C25H30N6O/c26-21-23-5-1-2-6-25(23)30-18-16-29(17-19-30)13-3-4-20-32-24-9-7-22(8-10-24)11-14-31-15-12-27-28-31/h1-2,5-10,12,15H,3-4,11,13-14,16-20H2. The van der Waals surface area contributed by atoms with Crippen molar-refractivity contribution in [1.29, 1.82) is 5.26 Å². The van der Waals surface area contributed by atoms with Crippen LogP contribution in [0.1, 0.15) is 24.0 Å². The lowest BCUT2D eigenvalue weighted by atomic mass is 10.1. The van der Waals surface area contributed by atoms with E-state index in [0.29, 0.717) is 0 Å². The fourth-order valence-electron chi connectivity index (χ4n) is 4.03. The molecule has 4 rings (SSSR count). The number of piperazine rings is 1. The van der Waals surface area contributed by atoms with Crippen LogP contribution in [0.15, 0.2) is 60.9 Å². The summed E-state index contributed by atoms with van der Waals surface area (Å²) in [5.41, 5.74) is 3.10. The highest BCUT2D eigenvalue weighted by Gasteiger charge is 2.18. The van der Waals surface area contributed by atoms with Crippen molar-refractivity contribution in [3.63, 3.8) is 0 Å². The van der Waals surface area contributed by atoms with Crippen molar-refractivity contribution in [2.75, 3.05) is 44.2 Å². The number of para-hydroxylation sites is 1. The molecule has 166 valence electrons. The van der Waals surface area contributed by atoms with Gasteiger partial charge >= 0.3 is 0 Å². The van der Waals surface area contributed by atoms with Crippen molar-refractivity contribution in [3.8, 4) is 11.8 Å². The predicted molar refractivity (Wildman–Crippen MR) is 125 cm³/mol. The van der Waals surface area contributed by atoms with Gasteiger partial charge in [0.15, 0.2) is 0 Å². The summed E-state index contributed by atoms with van der Waals surface area (Å²) >= 11 is 0. The first-order valence-corrected chi connectivity index (χ1v) is 11.3. The van der Waals surface area contributed by atoms with Gasteiger partial charge in [0.05, 0.1) is 24.1 Å². The van der Waals surface area contributed by atoms with E-state index >= 15 is 0 Å². The molecule has 0 bridgehead atoms. The van der Waals surface area contributed by atoms with Crippen LogP contribution in [0, 0.1) is 11.3 Å². The minimum Gasteiger partial charge on any atom is -0.494 e. The molecule has 3 aromatic rings. The van der Waals surface area contributed by atoms with Gasteiger partial charge in [-0.2, -0.15) is 5.26 Å². The van der Waals surface area contributed by atoms with Crippen molar-refractivity contribution >= 4 is 5.69 Å². The maximum atomic E-state index is 9.32. The van der Waals surface area contributed by atoms with Crippen LogP contribution in [0.2, 0.25) is 0 Å². The molecule has 0 atom stereocenters. The zero-order chi connectivity index (χ0) is 22.0. The van der Waals surface area contributed by atoms with Gasteiger partial charge in [0.1, 0.15) is 11.8 Å². The molecule has 0 spiro atoms. The molecule has 2 heterocycles. The number of hydrogen-bond acceptors (Lipinski definition) is 6. The van der Waals surface area contributed by atoms with E-state index in [1.54, 1.807) is 6.20 Å². The molecule has 0 amide bonds. The van der Waals surface area contributed by atoms with E-state index in [9.17, 15) is 5.26 Å². The molecule has 32 heavy (non-hydrogen) atoms. The lowest BCUT2D eigenvalue weighted by molar-refractivity contribution is 0.238. The van der Waals surface area contributed by atoms with Crippen LogP contribution >= 0.6 is 0 Å². The van der Waals surface area contributed by atoms with Gasteiger partial charge in [0.2, 0.25) is 0 Å². The monoisotopic (exact) mass is 430 g/mol. The summed E-state index contributed by atoms with van der Waals surface area (Å²) in [5, 5.41) is 17.1. The average molecular weight is 431 g/mol. The van der Waals surface area contributed by atoms with E-state index in [1.807, 2.05) is 29.1 Å². The number of unbranched alkanes of at least 4 members (excludes halogenated alkanes) is 1. The Bertz CT molecular complexity index is 988. The molecule has 1 aromatic heterocycles. The first-order valence-electron chi connectivity index (χ1n) is 11.3. The maximum absolute atomic E-state index is 9.32. The highest BCUT2D eigenvalue weighted by Crippen LogP contribution is 2.21. The average Bonchev–Trinajstić information content (AvgIpc) is 3.37. The topological polar surface area (TPSA) is 70.2 Å². The Labute approximate surface area is 189 Å². The zero-order valence-corrected chi connectivity index (χ0v) is 18.4. The molecule has 0 saturated carbocycles. The van der Waals surface area contributed by atoms with Crippen LogP contribution in [0.5, 0.6) is 5.75 Å². The van der Waals surface area contributed by atoms with Crippen LogP contribution in [-0.2, 0) is 13.0 Å². The molecule has 1 aliphatic rings. The fraction of sp³-hybridized carbons (Fsp3) is 0.400. The first kappa shape index (κ1) is 21.8. The first-order chi connectivity index (χ1) is 15.8. The molecule has 0 aliphatic carbocycles. The number of benzene rings is 2. The van der Waals surface area contributed by atoms with Crippen LogP contribution in [-0.4, -0.2) is 59.2 Å². The van der Waals surface area contributed by atoms with Gasteiger partial charge in [-0.05, 0) is 55.6 Å².